The first-order chi connectivity index (χ1) is 5.26. The minimum Gasteiger partial charge on any atom is -0.317 e. The van der Waals surface area contributed by atoms with E-state index in [-0.39, 0.29) is 11.1 Å². The Morgan fingerprint density at radius 3 is 2.17 bits per heavy atom. The van der Waals surface area contributed by atoms with E-state index in [1.54, 1.807) is 0 Å². The fourth-order valence-electron chi connectivity index (χ4n) is 1.36. The van der Waals surface area contributed by atoms with E-state index in [2.05, 4.69) is 31.8 Å². The molecule has 1 heterocycles. The van der Waals surface area contributed by atoms with Crippen LogP contribution in [0.4, 0.5) is 0 Å². The van der Waals surface area contributed by atoms with Crippen LogP contribution in [-0.2, 0) is 0 Å². The van der Waals surface area contributed by atoms with Gasteiger partial charge in [0.2, 0.25) is 0 Å². The molecule has 12 heavy (non-hydrogen) atoms. The maximum absolute atomic E-state index is 6.03. The zero-order chi connectivity index (χ0) is 9.57. The van der Waals surface area contributed by atoms with Crippen LogP contribution in [0.1, 0.15) is 34.6 Å². The number of hydrogen-bond acceptors (Lipinski definition) is 2. The van der Waals surface area contributed by atoms with Gasteiger partial charge in [-0.2, -0.15) is 0 Å². The van der Waals surface area contributed by atoms with E-state index < -0.39 is 0 Å². The summed E-state index contributed by atoms with van der Waals surface area (Å²) in [7, 11) is 0. The van der Waals surface area contributed by atoms with Gasteiger partial charge in [0.15, 0.2) is 0 Å². The Morgan fingerprint density at radius 1 is 1.25 bits per heavy atom. The predicted molar refractivity (Wildman–Crippen MR) is 53.5 cm³/mol. The highest BCUT2D eigenvalue weighted by Crippen LogP contribution is 2.28. The molecule has 1 aliphatic rings. The predicted octanol–water partition coefficient (Wildman–Crippen LogP) is 1.90. The van der Waals surface area contributed by atoms with Crippen molar-refractivity contribution < 1.29 is 0 Å². The molecule has 0 radical (unpaired) electrons. The zero-order valence-corrected chi connectivity index (χ0v) is 8.60. The van der Waals surface area contributed by atoms with Gasteiger partial charge in [-0.25, -0.2) is 0 Å². The van der Waals surface area contributed by atoms with Crippen molar-refractivity contribution in [3.63, 3.8) is 0 Å². The second-order valence-electron chi connectivity index (χ2n) is 4.37. The second kappa shape index (κ2) is 2.43. The van der Waals surface area contributed by atoms with Crippen molar-refractivity contribution in [3.8, 4) is 0 Å². The van der Waals surface area contributed by atoms with Crippen LogP contribution in [0.25, 0.3) is 0 Å². The van der Waals surface area contributed by atoms with Gasteiger partial charge in [-0.15, -0.1) is 0 Å². The summed E-state index contributed by atoms with van der Waals surface area (Å²) >= 11 is 0. The number of aliphatic imine (C=N–C) groups is 1. The Kier molecular flexibility index (Phi) is 1.91. The highest BCUT2D eigenvalue weighted by molar-refractivity contribution is 5.94. The molecule has 0 saturated heterocycles. The van der Waals surface area contributed by atoms with Crippen molar-refractivity contribution in [2.24, 2.45) is 10.7 Å². The van der Waals surface area contributed by atoms with E-state index in [0.717, 1.165) is 5.71 Å². The molecule has 0 amide bonds. The molecule has 0 fully saturated rings. The lowest BCUT2D eigenvalue weighted by Crippen LogP contribution is -2.46. The van der Waals surface area contributed by atoms with Crippen LogP contribution in [-0.4, -0.2) is 16.8 Å². The molecule has 0 aromatic heterocycles. The Balaban J connectivity index is 3.13. The van der Waals surface area contributed by atoms with E-state index in [4.69, 9.17) is 5.73 Å². The quantitative estimate of drug-likeness (QED) is 0.548. The summed E-state index contributed by atoms with van der Waals surface area (Å²) < 4.78 is 0. The third-order valence-corrected chi connectivity index (χ3v) is 2.71. The largest absolute Gasteiger partial charge is 0.317 e. The second-order valence-corrected chi connectivity index (χ2v) is 4.37. The van der Waals surface area contributed by atoms with Gasteiger partial charge < -0.3 is 5.73 Å². The van der Waals surface area contributed by atoms with E-state index in [1.165, 1.54) is 5.57 Å². The summed E-state index contributed by atoms with van der Waals surface area (Å²) in [5, 5.41) is 0. The molecule has 1 rings (SSSR count). The first kappa shape index (κ1) is 9.46. The van der Waals surface area contributed by atoms with Gasteiger partial charge >= 0.3 is 0 Å². The summed E-state index contributed by atoms with van der Waals surface area (Å²) in [6.07, 6.45) is 2.11. The maximum Gasteiger partial charge on any atom is 0.0759 e. The highest BCUT2D eigenvalue weighted by atomic mass is 14.9. The molecular weight excluding hydrogens is 148 g/mol. The Hall–Kier alpha value is -0.630. The van der Waals surface area contributed by atoms with E-state index >= 15 is 0 Å². The van der Waals surface area contributed by atoms with Crippen molar-refractivity contribution in [2.45, 2.75) is 45.7 Å². The zero-order valence-electron chi connectivity index (χ0n) is 8.60. The number of rotatable bonds is 0. The number of hydrogen-bond donors (Lipinski definition) is 1. The highest BCUT2D eigenvalue weighted by Gasteiger charge is 2.31. The number of nitrogens with zero attached hydrogens (tertiary/aromatic N) is 1. The average Bonchev–Trinajstić information content (AvgIpc) is 1.82. The number of nitrogens with two attached hydrogens (primary N) is 1. The molecule has 0 spiro atoms. The maximum atomic E-state index is 6.03. The average molecular weight is 166 g/mol. The molecule has 0 saturated carbocycles. The topological polar surface area (TPSA) is 38.4 Å². The van der Waals surface area contributed by atoms with Crippen LogP contribution < -0.4 is 5.73 Å². The van der Waals surface area contributed by atoms with Crippen molar-refractivity contribution >= 4 is 5.71 Å². The Bertz CT molecular complexity index is 229. The number of dihydropyridines is 1. The van der Waals surface area contributed by atoms with Crippen molar-refractivity contribution in [2.75, 3.05) is 0 Å². The van der Waals surface area contributed by atoms with Crippen LogP contribution >= 0.6 is 0 Å². The van der Waals surface area contributed by atoms with Gasteiger partial charge in [-0.1, -0.05) is 6.08 Å². The van der Waals surface area contributed by atoms with E-state index in [1.807, 2.05) is 13.8 Å². The standard InChI is InChI=1S/C10H18N2/c1-7-6-10(5,11)8(2)12-9(7,3)4/h6H,11H2,1-5H3. The molecule has 0 aromatic rings. The van der Waals surface area contributed by atoms with Gasteiger partial charge in [0.1, 0.15) is 0 Å². The summed E-state index contributed by atoms with van der Waals surface area (Å²) in [6.45, 7) is 10.3. The molecule has 0 aromatic carbocycles. The molecular formula is C10H18N2. The molecule has 1 aliphatic heterocycles. The van der Waals surface area contributed by atoms with Gasteiger partial charge in [-0.3, -0.25) is 4.99 Å². The molecule has 2 nitrogen and oxygen atoms in total. The summed E-state index contributed by atoms with van der Waals surface area (Å²) in [4.78, 5) is 4.57. The molecule has 1 atom stereocenters. The Morgan fingerprint density at radius 2 is 1.75 bits per heavy atom. The smallest absolute Gasteiger partial charge is 0.0759 e. The Labute approximate surface area is 74.6 Å². The first-order valence-corrected chi connectivity index (χ1v) is 4.31. The van der Waals surface area contributed by atoms with Crippen LogP contribution in [0.2, 0.25) is 0 Å². The van der Waals surface area contributed by atoms with Gasteiger partial charge in [-0.05, 0) is 40.2 Å². The lowest BCUT2D eigenvalue weighted by Gasteiger charge is -2.34. The van der Waals surface area contributed by atoms with Gasteiger partial charge in [0.05, 0.1) is 11.1 Å². The normalized spacial score (nSPS) is 34.2. The molecule has 1 unspecified atom stereocenters. The lowest BCUT2D eigenvalue weighted by molar-refractivity contribution is 0.570. The van der Waals surface area contributed by atoms with Crippen molar-refractivity contribution in [1.29, 1.82) is 0 Å². The van der Waals surface area contributed by atoms with Gasteiger partial charge in [0.25, 0.3) is 0 Å². The SMILES string of the molecule is CC1=CC(C)(N)C(C)=NC1(C)C. The van der Waals surface area contributed by atoms with E-state index in [9.17, 15) is 0 Å². The van der Waals surface area contributed by atoms with Crippen LogP contribution in [0, 0.1) is 0 Å². The minimum absolute atomic E-state index is 0.0665. The monoisotopic (exact) mass is 166 g/mol. The minimum atomic E-state index is -0.348. The first-order valence-electron chi connectivity index (χ1n) is 4.31. The van der Waals surface area contributed by atoms with Crippen LogP contribution in [0.3, 0.4) is 0 Å². The molecule has 2 heteroatoms. The fraction of sp³-hybridized carbons (Fsp3) is 0.700. The fourth-order valence-corrected chi connectivity index (χ4v) is 1.36. The lowest BCUT2D eigenvalue weighted by atomic mass is 9.84. The summed E-state index contributed by atoms with van der Waals surface area (Å²) in [6, 6.07) is 0. The molecule has 68 valence electrons. The molecule has 0 bridgehead atoms. The molecule has 0 aliphatic carbocycles. The van der Waals surface area contributed by atoms with E-state index in [0.29, 0.717) is 0 Å². The summed E-state index contributed by atoms with van der Waals surface area (Å²) in [5.41, 5.74) is 7.87. The summed E-state index contributed by atoms with van der Waals surface area (Å²) in [5.74, 6) is 0. The van der Waals surface area contributed by atoms with Gasteiger partial charge in [0, 0.05) is 5.71 Å². The van der Waals surface area contributed by atoms with Crippen LogP contribution in [0.15, 0.2) is 16.6 Å². The molecule has 2 N–H and O–H groups in total. The van der Waals surface area contributed by atoms with Crippen molar-refractivity contribution in [3.05, 3.63) is 11.6 Å². The third kappa shape index (κ3) is 1.44. The van der Waals surface area contributed by atoms with Crippen molar-refractivity contribution in [1.82, 2.24) is 0 Å². The van der Waals surface area contributed by atoms with Crippen LogP contribution in [0.5, 0.6) is 0 Å². The third-order valence-electron chi connectivity index (χ3n) is 2.71.